The van der Waals surface area contributed by atoms with Gasteiger partial charge in [-0.05, 0) is 40.0 Å². The molecule has 0 aliphatic rings. The molecule has 0 aliphatic heterocycles. The maximum Gasteiger partial charge on any atom is 0.241 e. The lowest BCUT2D eigenvalue weighted by Gasteiger charge is -2.12. The highest BCUT2D eigenvalue weighted by Gasteiger charge is 2.17. The van der Waals surface area contributed by atoms with Gasteiger partial charge in [-0.15, -0.1) is 0 Å². The molecule has 1 aromatic rings. The molecule has 1 rings (SSSR count). The van der Waals surface area contributed by atoms with Crippen LogP contribution in [0, 0.1) is 0 Å². The van der Waals surface area contributed by atoms with Gasteiger partial charge in [-0.25, -0.2) is 13.1 Å². The largest absolute Gasteiger partial charge is 0.310 e. The van der Waals surface area contributed by atoms with Crippen LogP contribution in [0.25, 0.3) is 0 Å². The summed E-state index contributed by atoms with van der Waals surface area (Å²) in [6.45, 7) is 7.36. The zero-order chi connectivity index (χ0) is 15.9. The average Bonchev–Trinajstić information content (AvgIpc) is 2.42. The molecule has 21 heavy (non-hydrogen) atoms. The summed E-state index contributed by atoms with van der Waals surface area (Å²) in [7, 11) is -3.46. The topological polar surface area (TPSA) is 58.2 Å². The van der Waals surface area contributed by atoms with Crippen molar-refractivity contribution in [3.8, 4) is 0 Å². The molecule has 0 fully saturated rings. The van der Waals surface area contributed by atoms with Gasteiger partial charge < -0.3 is 5.32 Å². The second-order valence-electron chi connectivity index (χ2n) is 5.41. The summed E-state index contributed by atoms with van der Waals surface area (Å²) in [5.74, 6) is 0. The molecule has 0 spiro atoms. The molecule has 0 radical (unpaired) electrons. The van der Waals surface area contributed by atoms with Gasteiger partial charge in [0.25, 0.3) is 0 Å². The molecule has 0 atom stereocenters. The molecule has 4 nitrogen and oxygen atoms in total. The van der Waals surface area contributed by atoms with E-state index >= 15 is 0 Å². The molecule has 0 saturated heterocycles. The van der Waals surface area contributed by atoms with Crippen LogP contribution in [0.1, 0.15) is 45.6 Å². The zero-order valence-electron chi connectivity index (χ0n) is 12.9. The van der Waals surface area contributed by atoms with E-state index in [0.29, 0.717) is 28.5 Å². The second kappa shape index (κ2) is 8.88. The molecule has 0 aromatic heterocycles. The minimum Gasteiger partial charge on any atom is -0.310 e. The van der Waals surface area contributed by atoms with E-state index < -0.39 is 10.0 Å². The van der Waals surface area contributed by atoms with Crippen LogP contribution in [-0.2, 0) is 16.6 Å². The molecule has 6 heteroatoms. The van der Waals surface area contributed by atoms with Gasteiger partial charge in [-0.3, -0.25) is 0 Å². The number of hydrogen-bond acceptors (Lipinski definition) is 3. The lowest BCUT2D eigenvalue weighted by atomic mass is 10.2. The Morgan fingerprint density at radius 2 is 1.95 bits per heavy atom. The molecule has 0 saturated carbocycles. The van der Waals surface area contributed by atoms with Crippen molar-refractivity contribution in [2.45, 2.75) is 57.5 Å². The van der Waals surface area contributed by atoms with Gasteiger partial charge in [-0.2, -0.15) is 0 Å². The van der Waals surface area contributed by atoms with Crippen molar-refractivity contribution in [2.75, 3.05) is 6.54 Å². The fourth-order valence-electron chi connectivity index (χ4n) is 1.84. The van der Waals surface area contributed by atoms with Gasteiger partial charge in [0.2, 0.25) is 10.0 Å². The number of nitrogens with one attached hydrogen (secondary N) is 2. The summed E-state index contributed by atoms with van der Waals surface area (Å²) >= 11 is 3.33. The molecule has 2 N–H and O–H groups in total. The molecule has 1 aromatic carbocycles. The highest BCUT2D eigenvalue weighted by molar-refractivity contribution is 9.10. The van der Waals surface area contributed by atoms with E-state index in [1.807, 2.05) is 6.07 Å². The van der Waals surface area contributed by atoms with E-state index in [9.17, 15) is 8.42 Å². The lowest BCUT2D eigenvalue weighted by molar-refractivity contribution is 0.574. The first-order valence-corrected chi connectivity index (χ1v) is 9.66. The SMILES string of the molecule is CCCCCNS(=O)(=O)c1cc(CNC(C)C)ccc1Br. The number of rotatable bonds is 9. The summed E-state index contributed by atoms with van der Waals surface area (Å²) in [5, 5.41) is 3.29. The minimum absolute atomic E-state index is 0.307. The monoisotopic (exact) mass is 376 g/mol. The Morgan fingerprint density at radius 1 is 1.24 bits per heavy atom. The minimum atomic E-state index is -3.46. The first-order chi connectivity index (χ1) is 9.86. The first-order valence-electron chi connectivity index (χ1n) is 7.38. The lowest BCUT2D eigenvalue weighted by Crippen LogP contribution is -2.26. The summed E-state index contributed by atoms with van der Waals surface area (Å²) in [4.78, 5) is 0.307. The van der Waals surface area contributed by atoms with Crippen molar-refractivity contribution in [3.05, 3.63) is 28.2 Å². The van der Waals surface area contributed by atoms with Crippen molar-refractivity contribution < 1.29 is 8.42 Å². The predicted molar refractivity (Wildman–Crippen MR) is 90.8 cm³/mol. The highest BCUT2D eigenvalue weighted by Crippen LogP contribution is 2.23. The fraction of sp³-hybridized carbons (Fsp3) is 0.600. The van der Waals surface area contributed by atoms with Crippen LogP contribution in [0.4, 0.5) is 0 Å². The Hall–Kier alpha value is -0.430. The van der Waals surface area contributed by atoms with Crippen LogP contribution in [0.3, 0.4) is 0 Å². The maximum atomic E-state index is 12.3. The molecular weight excluding hydrogens is 352 g/mol. The number of sulfonamides is 1. The third-order valence-electron chi connectivity index (χ3n) is 3.07. The van der Waals surface area contributed by atoms with Crippen LogP contribution in [0.15, 0.2) is 27.6 Å². The second-order valence-corrected chi connectivity index (χ2v) is 7.99. The molecule has 120 valence electrons. The van der Waals surface area contributed by atoms with E-state index in [1.165, 1.54) is 0 Å². The number of unbranched alkanes of at least 4 members (excludes halogenated alkanes) is 2. The molecule has 0 bridgehead atoms. The molecule has 0 aliphatic carbocycles. The van der Waals surface area contributed by atoms with Crippen molar-refractivity contribution in [2.24, 2.45) is 0 Å². The van der Waals surface area contributed by atoms with Gasteiger partial charge in [0, 0.05) is 23.6 Å². The van der Waals surface area contributed by atoms with E-state index in [4.69, 9.17) is 0 Å². The van der Waals surface area contributed by atoms with Gasteiger partial charge >= 0.3 is 0 Å². The zero-order valence-corrected chi connectivity index (χ0v) is 15.4. The van der Waals surface area contributed by atoms with Crippen LogP contribution < -0.4 is 10.0 Å². The van der Waals surface area contributed by atoms with Crippen molar-refractivity contribution in [3.63, 3.8) is 0 Å². The third kappa shape index (κ3) is 6.46. The fourth-order valence-corrected chi connectivity index (χ4v) is 3.93. The standard InChI is InChI=1S/C15H25BrN2O2S/c1-4-5-6-9-18-21(19,20)15-10-13(7-8-14(15)16)11-17-12(2)3/h7-8,10,12,17-18H,4-6,9,11H2,1-3H3. The average molecular weight is 377 g/mol. The summed E-state index contributed by atoms with van der Waals surface area (Å²) in [6.07, 6.45) is 2.96. The van der Waals surface area contributed by atoms with Crippen LogP contribution in [-0.4, -0.2) is 21.0 Å². The summed E-state index contributed by atoms with van der Waals surface area (Å²) in [5.41, 5.74) is 0.959. The third-order valence-corrected chi connectivity index (χ3v) is 5.53. The summed E-state index contributed by atoms with van der Waals surface area (Å²) < 4.78 is 28.0. The van der Waals surface area contributed by atoms with Crippen molar-refractivity contribution >= 4 is 26.0 Å². The molecule has 0 amide bonds. The van der Waals surface area contributed by atoms with E-state index in [2.05, 4.69) is 46.7 Å². The first kappa shape index (κ1) is 18.6. The molecule has 0 unspecified atom stereocenters. The Bertz CT molecular complexity index is 545. The van der Waals surface area contributed by atoms with Crippen LogP contribution in [0.2, 0.25) is 0 Å². The van der Waals surface area contributed by atoms with E-state index in [0.717, 1.165) is 24.8 Å². The number of benzene rings is 1. The smallest absolute Gasteiger partial charge is 0.241 e. The van der Waals surface area contributed by atoms with Gasteiger partial charge in [0.1, 0.15) is 0 Å². The number of halogens is 1. The van der Waals surface area contributed by atoms with E-state index in [-0.39, 0.29) is 0 Å². The van der Waals surface area contributed by atoms with Crippen LogP contribution in [0.5, 0.6) is 0 Å². The van der Waals surface area contributed by atoms with Crippen LogP contribution >= 0.6 is 15.9 Å². The van der Waals surface area contributed by atoms with Gasteiger partial charge in [0.15, 0.2) is 0 Å². The molecular formula is C15H25BrN2O2S. The summed E-state index contributed by atoms with van der Waals surface area (Å²) in [6, 6.07) is 5.80. The van der Waals surface area contributed by atoms with Crippen molar-refractivity contribution in [1.82, 2.24) is 10.0 Å². The number of hydrogen-bond donors (Lipinski definition) is 2. The Labute approximate surface area is 136 Å². The Balaban J connectivity index is 2.81. The normalized spacial score (nSPS) is 12.0. The predicted octanol–water partition coefficient (Wildman–Crippen LogP) is 3.42. The van der Waals surface area contributed by atoms with Gasteiger partial charge in [0.05, 0.1) is 4.90 Å². The Morgan fingerprint density at radius 3 is 2.57 bits per heavy atom. The highest BCUT2D eigenvalue weighted by atomic mass is 79.9. The van der Waals surface area contributed by atoms with E-state index in [1.54, 1.807) is 12.1 Å². The van der Waals surface area contributed by atoms with Crippen molar-refractivity contribution in [1.29, 1.82) is 0 Å². The maximum absolute atomic E-state index is 12.3. The molecule has 0 heterocycles. The Kier molecular flexibility index (Phi) is 7.87. The quantitative estimate of drug-likeness (QED) is 0.649. The van der Waals surface area contributed by atoms with Gasteiger partial charge in [-0.1, -0.05) is 39.7 Å².